The Labute approximate surface area is 191 Å². The van der Waals surface area contributed by atoms with Gasteiger partial charge in [0.15, 0.2) is 11.5 Å². The maximum Gasteiger partial charge on any atom is 0.335 e. The van der Waals surface area contributed by atoms with Crippen LogP contribution in [0.25, 0.3) is 10.8 Å². The molecule has 0 heterocycles. The summed E-state index contributed by atoms with van der Waals surface area (Å²) in [6, 6.07) is 24.6. The van der Waals surface area contributed by atoms with E-state index in [1.807, 2.05) is 42.5 Å². The molecular formula is C26H22ClNO4. The van der Waals surface area contributed by atoms with E-state index in [0.717, 1.165) is 21.9 Å². The molecule has 162 valence electrons. The van der Waals surface area contributed by atoms with Crippen LogP contribution in [0.4, 0.5) is 5.69 Å². The van der Waals surface area contributed by atoms with Gasteiger partial charge >= 0.3 is 5.97 Å². The zero-order valence-electron chi connectivity index (χ0n) is 17.5. The summed E-state index contributed by atoms with van der Waals surface area (Å²) in [5.41, 5.74) is 2.87. The summed E-state index contributed by atoms with van der Waals surface area (Å²) in [7, 11) is 1.57. The fourth-order valence-corrected chi connectivity index (χ4v) is 3.84. The fraction of sp³-hybridized carbons (Fsp3) is 0.115. The number of carboxylic acid groups (broad SMARTS) is 1. The van der Waals surface area contributed by atoms with Crippen molar-refractivity contribution in [1.82, 2.24) is 0 Å². The maximum atomic E-state index is 11.2. The van der Waals surface area contributed by atoms with Gasteiger partial charge in [-0.05, 0) is 52.2 Å². The Morgan fingerprint density at radius 1 is 1.00 bits per heavy atom. The van der Waals surface area contributed by atoms with Crippen molar-refractivity contribution in [2.24, 2.45) is 0 Å². The van der Waals surface area contributed by atoms with Crippen molar-refractivity contribution < 1.29 is 19.4 Å². The van der Waals surface area contributed by atoms with Crippen LogP contribution in [0.1, 0.15) is 21.5 Å². The molecule has 0 atom stereocenters. The number of halogens is 1. The van der Waals surface area contributed by atoms with Gasteiger partial charge in [-0.3, -0.25) is 0 Å². The minimum Gasteiger partial charge on any atom is -0.493 e. The predicted molar refractivity (Wildman–Crippen MR) is 127 cm³/mol. The lowest BCUT2D eigenvalue weighted by atomic mass is 10.1. The third-order valence-corrected chi connectivity index (χ3v) is 5.43. The Morgan fingerprint density at radius 3 is 2.59 bits per heavy atom. The molecule has 4 rings (SSSR count). The number of methoxy groups -OCH3 is 1. The number of hydrogen-bond acceptors (Lipinski definition) is 4. The molecule has 0 aromatic heterocycles. The van der Waals surface area contributed by atoms with Gasteiger partial charge < -0.3 is 19.9 Å². The van der Waals surface area contributed by atoms with Crippen LogP contribution in [0, 0.1) is 0 Å². The lowest BCUT2D eigenvalue weighted by molar-refractivity contribution is 0.0697. The summed E-state index contributed by atoms with van der Waals surface area (Å²) in [6.45, 7) is 0.805. The average Bonchev–Trinajstić information content (AvgIpc) is 2.82. The summed E-state index contributed by atoms with van der Waals surface area (Å²) >= 11 is 6.54. The molecule has 0 aliphatic heterocycles. The lowest BCUT2D eigenvalue weighted by Crippen LogP contribution is -2.04. The second-order valence-corrected chi connectivity index (χ2v) is 7.68. The minimum atomic E-state index is -0.967. The molecule has 6 heteroatoms. The Bertz CT molecular complexity index is 1270. The van der Waals surface area contributed by atoms with Gasteiger partial charge in [-0.1, -0.05) is 60.1 Å². The molecule has 0 aliphatic rings. The predicted octanol–water partition coefficient (Wildman–Crippen LogP) is 6.39. The van der Waals surface area contributed by atoms with Crippen LogP contribution in [0.5, 0.6) is 11.5 Å². The van der Waals surface area contributed by atoms with E-state index in [9.17, 15) is 4.79 Å². The standard InChI is InChI=1S/C26H22ClNO4/c1-31-24-13-17(15-28-21-10-5-8-19(14-21)26(29)30)12-23(27)25(24)32-16-20-9-4-7-18-6-2-3-11-22(18)20/h2-14,28H,15-16H2,1H3,(H,29,30). The number of nitrogens with one attached hydrogen (secondary N) is 1. The van der Waals surface area contributed by atoms with Crippen LogP contribution in [0.2, 0.25) is 5.02 Å². The van der Waals surface area contributed by atoms with Crippen LogP contribution in [-0.2, 0) is 13.2 Å². The Kier molecular flexibility index (Phi) is 6.47. The molecule has 0 bridgehead atoms. The van der Waals surface area contributed by atoms with Crippen LogP contribution >= 0.6 is 11.6 Å². The van der Waals surface area contributed by atoms with Gasteiger partial charge in [0.05, 0.1) is 17.7 Å². The van der Waals surface area contributed by atoms with Crippen molar-refractivity contribution in [2.75, 3.05) is 12.4 Å². The highest BCUT2D eigenvalue weighted by Gasteiger charge is 2.13. The molecule has 4 aromatic rings. The van der Waals surface area contributed by atoms with E-state index in [0.29, 0.717) is 35.4 Å². The van der Waals surface area contributed by atoms with E-state index >= 15 is 0 Å². The zero-order valence-corrected chi connectivity index (χ0v) is 18.2. The highest BCUT2D eigenvalue weighted by atomic mass is 35.5. The smallest absolute Gasteiger partial charge is 0.335 e. The third-order valence-electron chi connectivity index (χ3n) is 5.15. The van der Waals surface area contributed by atoms with Gasteiger partial charge in [0.2, 0.25) is 0 Å². The van der Waals surface area contributed by atoms with Gasteiger partial charge in [0.1, 0.15) is 6.61 Å². The molecule has 0 saturated carbocycles. The number of aromatic carboxylic acids is 1. The van der Waals surface area contributed by atoms with Gasteiger partial charge in [-0.15, -0.1) is 0 Å². The largest absolute Gasteiger partial charge is 0.493 e. The number of carbonyl (C=O) groups is 1. The molecule has 32 heavy (non-hydrogen) atoms. The molecule has 0 saturated heterocycles. The molecule has 2 N–H and O–H groups in total. The normalized spacial score (nSPS) is 10.7. The van der Waals surface area contributed by atoms with Crippen molar-refractivity contribution in [2.45, 2.75) is 13.2 Å². The summed E-state index contributed by atoms with van der Waals surface area (Å²) < 4.78 is 11.6. The number of ether oxygens (including phenoxy) is 2. The van der Waals surface area contributed by atoms with Crippen LogP contribution < -0.4 is 14.8 Å². The second-order valence-electron chi connectivity index (χ2n) is 7.28. The molecule has 0 fully saturated rings. The zero-order chi connectivity index (χ0) is 22.5. The number of carboxylic acids is 1. The Hall–Kier alpha value is -3.70. The van der Waals surface area contributed by atoms with Crippen LogP contribution in [-0.4, -0.2) is 18.2 Å². The topological polar surface area (TPSA) is 67.8 Å². The number of rotatable bonds is 8. The summed E-state index contributed by atoms with van der Waals surface area (Å²) in [6.07, 6.45) is 0. The SMILES string of the molecule is COc1cc(CNc2cccc(C(=O)O)c2)cc(Cl)c1OCc1cccc2ccccc12. The van der Waals surface area contributed by atoms with Gasteiger partial charge in [0.25, 0.3) is 0 Å². The van der Waals surface area contributed by atoms with Crippen molar-refractivity contribution in [3.05, 3.63) is 101 Å². The van der Waals surface area contributed by atoms with Crippen LogP contribution in [0.3, 0.4) is 0 Å². The fourth-order valence-electron chi connectivity index (χ4n) is 3.55. The summed E-state index contributed by atoms with van der Waals surface area (Å²) in [4.78, 5) is 11.2. The quantitative estimate of drug-likeness (QED) is 0.327. The second kappa shape index (κ2) is 9.62. The van der Waals surface area contributed by atoms with E-state index in [1.54, 1.807) is 25.3 Å². The van der Waals surface area contributed by atoms with Crippen LogP contribution in [0.15, 0.2) is 78.9 Å². The molecule has 0 aliphatic carbocycles. The lowest BCUT2D eigenvalue weighted by Gasteiger charge is -2.16. The van der Waals surface area contributed by atoms with Crippen molar-refractivity contribution in [3.8, 4) is 11.5 Å². The molecular weight excluding hydrogens is 426 g/mol. The summed E-state index contributed by atoms with van der Waals surface area (Å²) in [5, 5.41) is 15.1. The van der Waals surface area contributed by atoms with E-state index < -0.39 is 5.97 Å². The molecule has 5 nitrogen and oxygen atoms in total. The van der Waals surface area contributed by atoms with E-state index in [-0.39, 0.29) is 5.56 Å². The number of anilines is 1. The van der Waals surface area contributed by atoms with E-state index in [2.05, 4.69) is 23.5 Å². The molecule has 0 spiro atoms. The first-order valence-corrected chi connectivity index (χ1v) is 10.5. The average molecular weight is 448 g/mol. The Morgan fingerprint density at radius 2 is 1.78 bits per heavy atom. The third kappa shape index (κ3) is 4.79. The molecule has 0 radical (unpaired) electrons. The first kappa shape index (κ1) is 21.5. The monoisotopic (exact) mass is 447 g/mol. The number of fused-ring (bicyclic) bond motifs is 1. The molecule has 4 aromatic carbocycles. The van der Waals surface area contributed by atoms with Gasteiger partial charge in [0, 0.05) is 12.2 Å². The van der Waals surface area contributed by atoms with Gasteiger partial charge in [-0.2, -0.15) is 0 Å². The maximum absolute atomic E-state index is 11.2. The first-order chi connectivity index (χ1) is 15.5. The summed E-state index contributed by atoms with van der Waals surface area (Å²) in [5.74, 6) is 0.0543. The number of hydrogen-bond donors (Lipinski definition) is 2. The van der Waals surface area contributed by atoms with E-state index in [4.69, 9.17) is 26.2 Å². The minimum absolute atomic E-state index is 0.225. The number of benzene rings is 4. The Balaban J connectivity index is 1.51. The molecule has 0 unspecified atom stereocenters. The van der Waals surface area contributed by atoms with Crippen molar-refractivity contribution >= 4 is 34.0 Å². The first-order valence-electron chi connectivity index (χ1n) is 10.1. The van der Waals surface area contributed by atoms with Crippen molar-refractivity contribution in [3.63, 3.8) is 0 Å². The van der Waals surface area contributed by atoms with Gasteiger partial charge in [-0.25, -0.2) is 4.79 Å². The van der Waals surface area contributed by atoms with Crippen molar-refractivity contribution in [1.29, 1.82) is 0 Å². The highest BCUT2D eigenvalue weighted by Crippen LogP contribution is 2.37. The molecule has 0 amide bonds. The van der Waals surface area contributed by atoms with E-state index in [1.165, 1.54) is 0 Å². The highest BCUT2D eigenvalue weighted by molar-refractivity contribution is 6.32.